The van der Waals surface area contributed by atoms with Crippen molar-refractivity contribution in [2.45, 2.75) is 45.1 Å². The molecular formula is C20H25N3O5S. The first-order chi connectivity index (χ1) is 13.9. The number of methoxy groups -OCH3 is 1. The molecule has 2 aliphatic rings. The van der Waals surface area contributed by atoms with Gasteiger partial charge < -0.3 is 19.7 Å². The standard InChI is InChI=1S/C20H25N3O5S/c1-4-5-9-28-19-14(23(25)26)10-12(11-16(19)27-3)18-17-13(7-6-8-15(17)24)22(2)20(29)21-18/h10-11,18H,4-9H2,1-3H3,(H,21,29). The zero-order valence-corrected chi connectivity index (χ0v) is 17.6. The van der Waals surface area contributed by atoms with Crippen molar-refractivity contribution in [3.8, 4) is 11.5 Å². The van der Waals surface area contributed by atoms with E-state index in [1.807, 2.05) is 18.9 Å². The molecule has 0 saturated carbocycles. The van der Waals surface area contributed by atoms with Crippen molar-refractivity contribution in [2.24, 2.45) is 0 Å². The fourth-order valence-electron chi connectivity index (χ4n) is 3.71. The van der Waals surface area contributed by atoms with Gasteiger partial charge in [0.25, 0.3) is 0 Å². The number of carbonyl (C=O) groups is 1. The van der Waals surface area contributed by atoms with Crippen LogP contribution in [0.3, 0.4) is 0 Å². The first-order valence-electron chi connectivity index (χ1n) is 9.68. The summed E-state index contributed by atoms with van der Waals surface area (Å²) in [5, 5.41) is 15.4. The molecule has 0 spiro atoms. The summed E-state index contributed by atoms with van der Waals surface area (Å²) in [6, 6.07) is 2.58. The average Bonchev–Trinajstić information content (AvgIpc) is 2.70. The maximum absolute atomic E-state index is 12.7. The second-order valence-corrected chi connectivity index (χ2v) is 7.50. The van der Waals surface area contributed by atoms with Gasteiger partial charge in [-0.25, -0.2) is 0 Å². The number of hydrogen-bond donors (Lipinski definition) is 1. The Balaban J connectivity index is 2.11. The zero-order chi connectivity index (χ0) is 21.1. The monoisotopic (exact) mass is 419 g/mol. The second kappa shape index (κ2) is 8.77. The van der Waals surface area contributed by atoms with Gasteiger partial charge in [-0.2, -0.15) is 0 Å². The van der Waals surface area contributed by atoms with Gasteiger partial charge in [-0.1, -0.05) is 13.3 Å². The predicted octanol–water partition coefficient (Wildman–Crippen LogP) is 3.65. The fraction of sp³-hybridized carbons (Fsp3) is 0.500. The quantitative estimate of drug-likeness (QED) is 0.310. The number of benzene rings is 1. The molecule has 0 fully saturated rings. The van der Waals surface area contributed by atoms with E-state index in [9.17, 15) is 14.9 Å². The highest BCUT2D eigenvalue weighted by molar-refractivity contribution is 7.80. The molecule has 0 saturated heterocycles. The minimum atomic E-state index is -0.557. The van der Waals surface area contributed by atoms with E-state index in [1.54, 1.807) is 6.07 Å². The maximum Gasteiger partial charge on any atom is 0.315 e. The SMILES string of the molecule is CCCCOc1c(OC)cc(C2NC(=S)N(C)C3=C2C(=O)CCC3)cc1[N+](=O)[O-]. The summed E-state index contributed by atoms with van der Waals surface area (Å²) in [4.78, 5) is 25.8. The Morgan fingerprint density at radius 2 is 2.14 bits per heavy atom. The normalized spacial score (nSPS) is 19.0. The Hall–Kier alpha value is -2.68. The van der Waals surface area contributed by atoms with Gasteiger partial charge in [0.15, 0.2) is 16.6 Å². The summed E-state index contributed by atoms with van der Waals surface area (Å²) in [7, 11) is 3.27. The molecule has 0 bridgehead atoms. The molecule has 0 aromatic heterocycles. The van der Waals surface area contributed by atoms with Crippen molar-refractivity contribution < 1.29 is 19.2 Å². The van der Waals surface area contributed by atoms with Gasteiger partial charge in [0.2, 0.25) is 5.75 Å². The van der Waals surface area contributed by atoms with Crippen LogP contribution in [0.4, 0.5) is 5.69 Å². The molecule has 0 radical (unpaired) electrons. The Morgan fingerprint density at radius 3 is 2.79 bits per heavy atom. The van der Waals surface area contributed by atoms with Gasteiger partial charge in [0.1, 0.15) is 0 Å². The van der Waals surface area contributed by atoms with E-state index in [1.165, 1.54) is 13.2 Å². The van der Waals surface area contributed by atoms with E-state index >= 15 is 0 Å². The number of unbranched alkanes of at least 4 members (excludes halogenated alkanes) is 1. The first kappa shape index (κ1) is 21.0. The smallest absolute Gasteiger partial charge is 0.315 e. The van der Waals surface area contributed by atoms with E-state index in [0.29, 0.717) is 29.3 Å². The minimum Gasteiger partial charge on any atom is -0.493 e. The van der Waals surface area contributed by atoms with Crippen LogP contribution < -0.4 is 14.8 Å². The second-order valence-electron chi connectivity index (χ2n) is 7.11. The van der Waals surface area contributed by atoms with Crippen LogP contribution in [0, 0.1) is 10.1 Å². The first-order valence-corrected chi connectivity index (χ1v) is 10.1. The molecule has 1 heterocycles. The van der Waals surface area contributed by atoms with Crippen LogP contribution in [0.15, 0.2) is 23.4 Å². The third kappa shape index (κ3) is 4.05. The van der Waals surface area contributed by atoms with Crippen LogP contribution in [-0.2, 0) is 4.79 Å². The topological polar surface area (TPSA) is 93.9 Å². The van der Waals surface area contributed by atoms with Gasteiger partial charge in [-0.15, -0.1) is 0 Å². The number of ether oxygens (including phenoxy) is 2. The molecule has 29 heavy (non-hydrogen) atoms. The van der Waals surface area contributed by atoms with E-state index < -0.39 is 11.0 Å². The number of carbonyl (C=O) groups excluding carboxylic acids is 1. The number of nitro groups is 1. The lowest BCUT2D eigenvalue weighted by atomic mass is 9.84. The molecule has 1 N–H and O–H groups in total. The molecule has 0 amide bonds. The van der Waals surface area contributed by atoms with Crippen LogP contribution in [0.5, 0.6) is 11.5 Å². The van der Waals surface area contributed by atoms with Gasteiger partial charge in [0, 0.05) is 30.8 Å². The lowest BCUT2D eigenvalue weighted by molar-refractivity contribution is -0.386. The van der Waals surface area contributed by atoms with E-state index in [4.69, 9.17) is 21.7 Å². The van der Waals surface area contributed by atoms with E-state index in [0.717, 1.165) is 31.4 Å². The zero-order valence-electron chi connectivity index (χ0n) is 16.8. The minimum absolute atomic E-state index is 0.0305. The van der Waals surface area contributed by atoms with Crippen LogP contribution in [0.25, 0.3) is 0 Å². The maximum atomic E-state index is 12.7. The van der Waals surface area contributed by atoms with Gasteiger partial charge >= 0.3 is 5.69 Å². The van der Waals surface area contributed by atoms with Crippen LogP contribution in [-0.4, -0.2) is 41.5 Å². The summed E-state index contributed by atoms with van der Waals surface area (Å²) in [5.74, 6) is 0.403. The van der Waals surface area contributed by atoms with E-state index in [2.05, 4.69) is 5.32 Å². The highest BCUT2D eigenvalue weighted by atomic mass is 32.1. The lowest BCUT2D eigenvalue weighted by Crippen LogP contribution is -2.47. The van der Waals surface area contributed by atoms with Gasteiger partial charge in [-0.3, -0.25) is 14.9 Å². The fourth-order valence-corrected chi connectivity index (χ4v) is 3.94. The van der Waals surface area contributed by atoms with Crippen molar-refractivity contribution in [2.75, 3.05) is 20.8 Å². The number of nitro benzene ring substituents is 1. The number of thiocarbonyl (C=S) groups is 1. The van der Waals surface area contributed by atoms with Crippen molar-refractivity contribution in [3.05, 3.63) is 39.1 Å². The van der Waals surface area contributed by atoms with Crippen molar-refractivity contribution >= 4 is 28.8 Å². The Morgan fingerprint density at radius 1 is 1.38 bits per heavy atom. The number of rotatable bonds is 7. The number of allylic oxidation sites excluding steroid dienone is 1. The van der Waals surface area contributed by atoms with Crippen LogP contribution >= 0.6 is 12.2 Å². The molecule has 1 aliphatic carbocycles. The third-order valence-corrected chi connectivity index (χ3v) is 5.64. The Bertz CT molecular complexity index is 883. The van der Waals surface area contributed by atoms with Gasteiger partial charge in [-0.05, 0) is 43.1 Å². The predicted molar refractivity (Wildman–Crippen MR) is 112 cm³/mol. The summed E-state index contributed by atoms with van der Waals surface area (Å²) in [6.45, 7) is 2.37. The number of ketones is 1. The highest BCUT2D eigenvalue weighted by Crippen LogP contribution is 2.43. The van der Waals surface area contributed by atoms with Gasteiger partial charge in [0.05, 0.1) is 24.7 Å². The number of nitrogens with zero attached hydrogens (tertiary/aromatic N) is 2. The summed E-state index contributed by atoms with van der Waals surface area (Å²) in [6.07, 6.45) is 3.65. The Kier molecular flexibility index (Phi) is 6.36. The molecule has 1 aromatic carbocycles. The largest absolute Gasteiger partial charge is 0.493 e. The molecule has 8 nitrogen and oxygen atoms in total. The number of nitrogens with one attached hydrogen (secondary N) is 1. The molecular weight excluding hydrogens is 394 g/mol. The summed E-state index contributed by atoms with van der Waals surface area (Å²) in [5.41, 5.74) is 1.85. The molecule has 1 unspecified atom stereocenters. The summed E-state index contributed by atoms with van der Waals surface area (Å²) >= 11 is 5.43. The Labute approximate surface area is 175 Å². The molecule has 1 aromatic rings. The third-order valence-electron chi connectivity index (χ3n) is 5.25. The summed E-state index contributed by atoms with van der Waals surface area (Å²) < 4.78 is 11.1. The lowest BCUT2D eigenvalue weighted by Gasteiger charge is -2.39. The van der Waals surface area contributed by atoms with Crippen molar-refractivity contribution in [1.29, 1.82) is 0 Å². The molecule has 3 rings (SSSR count). The number of Topliss-reactive ketones (excluding diaryl/α,β-unsaturated/α-hetero) is 1. The molecule has 1 aliphatic heterocycles. The van der Waals surface area contributed by atoms with E-state index in [-0.39, 0.29) is 23.0 Å². The molecule has 1 atom stereocenters. The van der Waals surface area contributed by atoms with Crippen LogP contribution in [0.2, 0.25) is 0 Å². The number of hydrogen-bond acceptors (Lipinski definition) is 6. The van der Waals surface area contributed by atoms with Crippen molar-refractivity contribution in [3.63, 3.8) is 0 Å². The highest BCUT2D eigenvalue weighted by Gasteiger charge is 2.37. The average molecular weight is 420 g/mol. The molecule has 156 valence electrons. The molecule has 9 heteroatoms. The van der Waals surface area contributed by atoms with Crippen molar-refractivity contribution in [1.82, 2.24) is 10.2 Å². The van der Waals surface area contributed by atoms with Crippen LogP contribution in [0.1, 0.15) is 50.6 Å².